The fourth-order valence-electron chi connectivity index (χ4n) is 3.31. The largest absolute Gasteiger partial charge is 0.493 e. The van der Waals surface area contributed by atoms with Gasteiger partial charge in [0.25, 0.3) is 11.2 Å². The Morgan fingerprint density at radius 2 is 2.04 bits per heavy atom. The molecule has 138 valence electrons. The fraction of sp³-hybridized carbons (Fsp3) is 0.333. The van der Waals surface area contributed by atoms with Gasteiger partial charge >= 0.3 is 0 Å². The number of hydrogen-bond acceptors (Lipinski definition) is 7. The molecule has 1 fully saturated rings. The van der Waals surface area contributed by atoms with E-state index in [4.69, 9.17) is 0 Å². The van der Waals surface area contributed by atoms with E-state index < -0.39 is 10.5 Å². The fourth-order valence-corrected chi connectivity index (χ4v) is 3.31. The Balaban J connectivity index is 2.11. The highest BCUT2D eigenvalue weighted by atomic mass is 16.6. The molecule has 1 aromatic carbocycles. The molecule has 9 nitrogen and oxygen atoms in total. The Morgan fingerprint density at radius 3 is 2.67 bits per heavy atom. The molecule has 27 heavy (non-hydrogen) atoms. The highest BCUT2D eigenvalue weighted by Gasteiger charge is 2.26. The van der Waals surface area contributed by atoms with Crippen LogP contribution < -0.4 is 5.56 Å². The molecule has 3 rings (SSSR count). The molecule has 2 aromatic rings. The molecule has 1 heterocycles. The van der Waals surface area contributed by atoms with Crippen molar-refractivity contribution < 1.29 is 10.0 Å². The molecule has 0 radical (unpaired) electrons. The molecule has 0 bridgehead atoms. The van der Waals surface area contributed by atoms with Gasteiger partial charge in [-0.3, -0.25) is 19.5 Å². The van der Waals surface area contributed by atoms with Gasteiger partial charge in [0.05, 0.1) is 10.6 Å². The molecule has 9 heteroatoms. The lowest BCUT2D eigenvalue weighted by Gasteiger charge is -2.18. The lowest BCUT2D eigenvalue weighted by Crippen LogP contribution is -2.24. The first kappa shape index (κ1) is 18.3. The van der Waals surface area contributed by atoms with E-state index in [1.54, 1.807) is 0 Å². The van der Waals surface area contributed by atoms with E-state index in [1.807, 2.05) is 6.07 Å². The van der Waals surface area contributed by atoms with Crippen molar-refractivity contribution in [2.45, 2.75) is 38.6 Å². The molecule has 0 spiro atoms. The quantitative estimate of drug-likeness (QED) is 0.491. The average Bonchev–Trinajstić information content (AvgIpc) is 3.16. The first-order valence-corrected chi connectivity index (χ1v) is 8.48. The second-order valence-electron chi connectivity index (χ2n) is 6.37. The van der Waals surface area contributed by atoms with Crippen molar-refractivity contribution in [2.24, 2.45) is 10.2 Å². The van der Waals surface area contributed by atoms with E-state index >= 15 is 0 Å². The molecule has 1 N–H and O–H groups in total. The van der Waals surface area contributed by atoms with Crippen LogP contribution in [0.5, 0.6) is 5.88 Å². The maximum Gasteiger partial charge on any atom is 0.281 e. The van der Waals surface area contributed by atoms with Gasteiger partial charge in [-0.2, -0.15) is 10.4 Å². The van der Waals surface area contributed by atoms with E-state index in [0.717, 1.165) is 25.7 Å². The van der Waals surface area contributed by atoms with Gasteiger partial charge in [-0.1, -0.05) is 18.9 Å². The molecule has 1 saturated carbocycles. The molecule has 1 aliphatic carbocycles. The second kappa shape index (κ2) is 7.37. The van der Waals surface area contributed by atoms with Crippen LogP contribution in [0.25, 0.3) is 0 Å². The van der Waals surface area contributed by atoms with Gasteiger partial charge in [0.15, 0.2) is 5.69 Å². The van der Waals surface area contributed by atoms with Gasteiger partial charge in [0.1, 0.15) is 11.6 Å². The van der Waals surface area contributed by atoms with Crippen LogP contribution in [-0.4, -0.2) is 14.6 Å². The predicted octanol–water partition coefficient (Wildman–Crippen LogP) is 4.17. The van der Waals surface area contributed by atoms with Crippen LogP contribution in [-0.2, 0) is 0 Å². The van der Waals surface area contributed by atoms with Crippen LogP contribution in [0.3, 0.4) is 0 Å². The van der Waals surface area contributed by atoms with Gasteiger partial charge in [0.2, 0.25) is 5.88 Å². The highest BCUT2D eigenvalue weighted by molar-refractivity contribution is 5.57. The molecular formula is C18H17N5O4. The SMILES string of the molecule is Cc1c(C#N)c(O)n(C2CCCC2)c(=O)c1N=Nc1cccc([N+](=O)[O-])c1. The summed E-state index contributed by atoms with van der Waals surface area (Å²) in [5.41, 5.74) is -0.303. The van der Waals surface area contributed by atoms with Crippen molar-refractivity contribution >= 4 is 17.1 Å². The molecule has 0 atom stereocenters. The number of nitriles is 1. The summed E-state index contributed by atoms with van der Waals surface area (Å²) < 4.78 is 1.22. The Morgan fingerprint density at radius 1 is 1.33 bits per heavy atom. The molecular weight excluding hydrogens is 350 g/mol. The number of aromatic hydroxyl groups is 1. The molecule has 0 saturated heterocycles. The maximum atomic E-state index is 12.9. The third kappa shape index (κ3) is 3.42. The molecule has 0 aliphatic heterocycles. The van der Waals surface area contributed by atoms with Crippen LogP contribution in [0.15, 0.2) is 39.3 Å². The Bertz CT molecular complexity index is 1030. The zero-order chi connectivity index (χ0) is 19.6. The minimum absolute atomic E-state index is 0.0190. The summed E-state index contributed by atoms with van der Waals surface area (Å²) in [4.78, 5) is 23.2. The van der Waals surface area contributed by atoms with Gasteiger partial charge in [-0.25, -0.2) is 0 Å². The first-order valence-electron chi connectivity index (χ1n) is 8.48. The zero-order valence-corrected chi connectivity index (χ0v) is 14.6. The lowest BCUT2D eigenvalue weighted by molar-refractivity contribution is -0.384. The van der Waals surface area contributed by atoms with E-state index in [9.17, 15) is 25.3 Å². The number of nitrogens with zero attached hydrogens (tertiary/aromatic N) is 5. The number of rotatable bonds is 4. The van der Waals surface area contributed by atoms with Crippen molar-refractivity contribution in [3.8, 4) is 11.9 Å². The number of non-ortho nitro benzene ring substituents is 1. The van der Waals surface area contributed by atoms with Crippen LogP contribution >= 0.6 is 0 Å². The van der Waals surface area contributed by atoms with Crippen molar-refractivity contribution in [1.29, 1.82) is 5.26 Å². The number of nitro groups is 1. The highest BCUT2D eigenvalue weighted by Crippen LogP contribution is 2.35. The summed E-state index contributed by atoms with van der Waals surface area (Å²) in [5, 5.41) is 38.6. The van der Waals surface area contributed by atoms with Gasteiger partial charge in [-0.05, 0) is 25.8 Å². The summed E-state index contributed by atoms with van der Waals surface area (Å²) in [6, 6.07) is 7.28. The lowest BCUT2D eigenvalue weighted by atomic mass is 10.1. The van der Waals surface area contributed by atoms with E-state index in [1.165, 1.54) is 35.8 Å². The van der Waals surface area contributed by atoms with E-state index in [-0.39, 0.29) is 40.1 Å². The zero-order valence-electron chi connectivity index (χ0n) is 14.6. The van der Waals surface area contributed by atoms with Crippen LogP contribution in [0.1, 0.15) is 42.9 Å². The van der Waals surface area contributed by atoms with Gasteiger partial charge < -0.3 is 5.11 Å². The van der Waals surface area contributed by atoms with Crippen molar-refractivity contribution in [2.75, 3.05) is 0 Å². The second-order valence-corrected chi connectivity index (χ2v) is 6.37. The monoisotopic (exact) mass is 367 g/mol. The average molecular weight is 367 g/mol. The smallest absolute Gasteiger partial charge is 0.281 e. The molecule has 0 amide bonds. The van der Waals surface area contributed by atoms with Crippen molar-refractivity contribution in [3.63, 3.8) is 0 Å². The Labute approximate surface area is 154 Å². The normalized spacial score (nSPS) is 14.5. The van der Waals surface area contributed by atoms with Crippen LogP contribution in [0.4, 0.5) is 17.1 Å². The van der Waals surface area contributed by atoms with Crippen LogP contribution in [0, 0.1) is 28.4 Å². The summed E-state index contributed by atoms with van der Waals surface area (Å²) in [7, 11) is 0. The maximum absolute atomic E-state index is 12.9. The summed E-state index contributed by atoms with van der Waals surface area (Å²) in [5.74, 6) is -0.346. The first-order chi connectivity index (χ1) is 12.9. The number of hydrogen-bond donors (Lipinski definition) is 1. The molecule has 1 aliphatic rings. The predicted molar refractivity (Wildman–Crippen MR) is 96.6 cm³/mol. The molecule has 1 aromatic heterocycles. The summed E-state index contributed by atoms with van der Waals surface area (Å²) >= 11 is 0. The standard InChI is InChI=1S/C18H17N5O4/c1-11-15(10-19)17(24)22(13-6-2-3-7-13)18(25)16(11)21-20-12-5-4-8-14(9-12)23(26)27/h4-5,8-9,13,24H,2-3,6-7H2,1H3. The van der Waals surface area contributed by atoms with E-state index in [2.05, 4.69) is 10.2 Å². The van der Waals surface area contributed by atoms with Crippen molar-refractivity contribution in [3.05, 3.63) is 55.9 Å². The number of aromatic nitrogens is 1. The number of nitro benzene ring substituents is 1. The topological polar surface area (TPSA) is 134 Å². The Hall–Kier alpha value is -3.54. The number of azo groups is 1. The molecule has 0 unspecified atom stereocenters. The minimum atomic E-state index is -0.550. The Kier molecular flexibility index (Phi) is 4.98. The third-order valence-electron chi connectivity index (χ3n) is 4.71. The van der Waals surface area contributed by atoms with Gasteiger partial charge in [0, 0.05) is 23.7 Å². The summed E-state index contributed by atoms with van der Waals surface area (Å²) in [6.07, 6.45) is 3.36. The number of benzene rings is 1. The third-order valence-corrected chi connectivity index (χ3v) is 4.71. The summed E-state index contributed by atoms with van der Waals surface area (Å²) in [6.45, 7) is 1.51. The number of pyridine rings is 1. The minimum Gasteiger partial charge on any atom is -0.493 e. The van der Waals surface area contributed by atoms with Crippen molar-refractivity contribution in [1.82, 2.24) is 4.57 Å². The van der Waals surface area contributed by atoms with Crippen LogP contribution in [0.2, 0.25) is 0 Å². The van der Waals surface area contributed by atoms with E-state index in [0.29, 0.717) is 0 Å². The van der Waals surface area contributed by atoms with Gasteiger partial charge in [-0.15, -0.1) is 5.11 Å².